The first-order valence-corrected chi connectivity index (χ1v) is 8.98. The van der Waals surface area contributed by atoms with Crippen molar-refractivity contribution >= 4 is 5.96 Å². The van der Waals surface area contributed by atoms with Crippen molar-refractivity contribution in [2.45, 2.75) is 40.7 Å². The third-order valence-corrected chi connectivity index (χ3v) is 3.23. The van der Waals surface area contributed by atoms with Crippen LogP contribution in [0.2, 0.25) is 0 Å². The Bertz CT molecular complexity index is 475. The number of nitrogens with one attached hydrogen (secondary N) is 2. The van der Waals surface area contributed by atoms with Gasteiger partial charge in [0.2, 0.25) is 0 Å². The van der Waals surface area contributed by atoms with Crippen molar-refractivity contribution in [1.29, 1.82) is 0 Å². The highest BCUT2D eigenvalue weighted by molar-refractivity contribution is 5.79. The maximum Gasteiger partial charge on any atom is 0.191 e. The third kappa shape index (κ3) is 8.77. The van der Waals surface area contributed by atoms with Crippen LogP contribution in [-0.4, -0.2) is 38.9 Å². The third-order valence-electron chi connectivity index (χ3n) is 3.23. The maximum atomic E-state index is 5.65. The molecule has 0 aliphatic rings. The number of hydrogen-bond donors (Lipinski definition) is 2. The molecule has 0 aliphatic carbocycles. The Kier molecular flexibility index (Phi) is 10.7. The molecule has 0 atom stereocenters. The first kappa shape index (κ1) is 20.3. The van der Waals surface area contributed by atoms with E-state index in [1.165, 1.54) is 0 Å². The van der Waals surface area contributed by atoms with Crippen molar-refractivity contribution in [2.24, 2.45) is 10.9 Å². The Labute approximate surface area is 146 Å². The molecule has 24 heavy (non-hydrogen) atoms. The molecule has 136 valence electrons. The zero-order chi connectivity index (χ0) is 17.6. The second-order valence-electron chi connectivity index (χ2n) is 5.98. The lowest BCUT2D eigenvalue weighted by Gasteiger charge is -2.13. The lowest BCUT2D eigenvalue weighted by molar-refractivity contribution is 0.108. The van der Waals surface area contributed by atoms with Gasteiger partial charge in [0.25, 0.3) is 0 Å². The van der Waals surface area contributed by atoms with Crippen LogP contribution in [0.15, 0.2) is 29.3 Å². The van der Waals surface area contributed by atoms with Crippen LogP contribution in [0.4, 0.5) is 0 Å². The van der Waals surface area contributed by atoms with Gasteiger partial charge in [-0.05, 0) is 32.3 Å². The molecule has 0 bridgehead atoms. The summed E-state index contributed by atoms with van der Waals surface area (Å²) >= 11 is 0. The van der Waals surface area contributed by atoms with E-state index in [4.69, 9.17) is 9.47 Å². The fourth-order valence-corrected chi connectivity index (χ4v) is 2.14. The van der Waals surface area contributed by atoms with Crippen LogP contribution in [0.1, 0.15) is 39.7 Å². The Morgan fingerprint density at radius 3 is 2.67 bits per heavy atom. The topological polar surface area (TPSA) is 54.9 Å². The van der Waals surface area contributed by atoms with Crippen LogP contribution in [-0.2, 0) is 11.3 Å². The fraction of sp³-hybridized carbons (Fsp3) is 0.632. The minimum absolute atomic E-state index is 0.585. The standard InChI is InChI=1S/C19H33N3O2/c1-5-20-19(21-12-9-13-23-15-16(3)4)22-14-17-10-7-8-11-18(17)24-6-2/h7-8,10-11,16H,5-6,9,12-15H2,1-4H3,(H2,20,21,22). The summed E-state index contributed by atoms with van der Waals surface area (Å²) in [5, 5.41) is 6.62. The number of benzene rings is 1. The van der Waals surface area contributed by atoms with Crippen LogP contribution >= 0.6 is 0 Å². The van der Waals surface area contributed by atoms with Crippen molar-refractivity contribution in [2.75, 3.05) is 32.9 Å². The summed E-state index contributed by atoms with van der Waals surface area (Å²) in [5.41, 5.74) is 1.09. The quantitative estimate of drug-likeness (QED) is 0.370. The Balaban J connectivity index is 2.45. The van der Waals surface area contributed by atoms with E-state index in [0.29, 0.717) is 19.1 Å². The van der Waals surface area contributed by atoms with Gasteiger partial charge in [-0.15, -0.1) is 0 Å². The van der Waals surface area contributed by atoms with Crippen LogP contribution in [0.5, 0.6) is 5.75 Å². The molecular formula is C19H33N3O2. The lowest BCUT2D eigenvalue weighted by atomic mass is 10.2. The molecule has 1 aromatic carbocycles. The second-order valence-corrected chi connectivity index (χ2v) is 5.98. The van der Waals surface area contributed by atoms with Crippen molar-refractivity contribution in [3.8, 4) is 5.75 Å². The molecule has 1 aromatic rings. The van der Waals surface area contributed by atoms with Crippen molar-refractivity contribution in [3.05, 3.63) is 29.8 Å². The second kappa shape index (κ2) is 12.6. The smallest absolute Gasteiger partial charge is 0.191 e. The molecular weight excluding hydrogens is 302 g/mol. The molecule has 0 spiro atoms. The maximum absolute atomic E-state index is 5.65. The first-order valence-electron chi connectivity index (χ1n) is 8.98. The zero-order valence-corrected chi connectivity index (χ0v) is 15.6. The molecule has 5 nitrogen and oxygen atoms in total. The monoisotopic (exact) mass is 335 g/mol. The molecule has 5 heteroatoms. The molecule has 0 aromatic heterocycles. The van der Waals surface area contributed by atoms with Gasteiger partial charge in [0.1, 0.15) is 5.75 Å². The highest BCUT2D eigenvalue weighted by Gasteiger charge is 2.03. The summed E-state index contributed by atoms with van der Waals surface area (Å²) in [7, 11) is 0. The van der Waals surface area contributed by atoms with Crippen LogP contribution in [0.25, 0.3) is 0 Å². The van der Waals surface area contributed by atoms with E-state index in [9.17, 15) is 0 Å². The van der Waals surface area contributed by atoms with Gasteiger partial charge in [0.05, 0.1) is 13.2 Å². The highest BCUT2D eigenvalue weighted by Crippen LogP contribution is 2.18. The van der Waals surface area contributed by atoms with Crippen molar-refractivity contribution in [1.82, 2.24) is 10.6 Å². The first-order chi connectivity index (χ1) is 11.7. The van der Waals surface area contributed by atoms with Gasteiger partial charge in [-0.3, -0.25) is 0 Å². The molecule has 0 saturated carbocycles. The molecule has 0 unspecified atom stereocenters. The predicted molar refractivity (Wildman–Crippen MR) is 101 cm³/mol. The van der Waals surface area contributed by atoms with Gasteiger partial charge in [-0.25, -0.2) is 4.99 Å². The summed E-state index contributed by atoms with van der Waals surface area (Å²) in [6.07, 6.45) is 0.965. The van der Waals surface area contributed by atoms with E-state index in [0.717, 1.165) is 50.0 Å². The van der Waals surface area contributed by atoms with Crippen LogP contribution in [0.3, 0.4) is 0 Å². The van der Waals surface area contributed by atoms with E-state index in [1.54, 1.807) is 0 Å². The van der Waals surface area contributed by atoms with Gasteiger partial charge in [0.15, 0.2) is 5.96 Å². The average Bonchev–Trinajstić information content (AvgIpc) is 2.56. The summed E-state index contributed by atoms with van der Waals surface area (Å²) in [4.78, 5) is 4.65. The molecule has 0 amide bonds. The number of rotatable bonds is 11. The van der Waals surface area contributed by atoms with Crippen molar-refractivity contribution < 1.29 is 9.47 Å². The number of para-hydroxylation sites is 1. The van der Waals surface area contributed by atoms with E-state index in [2.05, 4.69) is 42.5 Å². The zero-order valence-electron chi connectivity index (χ0n) is 15.6. The van der Waals surface area contributed by atoms with E-state index in [1.807, 2.05) is 25.1 Å². The van der Waals surface area contributed by atoms with Gasteiger partial charge < -0.3 is 20.1 Å². The number of aliphatic imine (C=N–C) groups is 1. The summed E-state index contributed by atoms with van der Waals surface area (Å²) < 4.78 is 11.2. The summed E-state index contributed by atoms with van der Waals surface area (Å²) in [6.45, 7) is 12.9. The normalized spacial score (nSPS) is 11.6. The van der Waals surface area contributed by atoms with Gasteiger partial charge in [-0.1, -0.05) is 32.0 Å². The van der Waals surface area contributed by atoms with E-state index >= 15 is 0 Å². The lowest BCUT2D eigenvalue weighted by Crippen LogP contribution is -2.38. The molecule has 0 fully saturated rings. The van der Waals surface area contributed by atoms with Gasteiger partial charge in [-0.2, -0.15) is 0 Å². The van der Waals surface area contributed by atoms with E-state index < -0.39 is 0 Å². The Morgan fingerprint density at radius 2 is 1.96 bits per heavy atom. The van der Waals surface area contributed by atoms with Gasteiger partial charge >= 0.3 is 0 Å². The largest absolute Gasteiger partial charge is 0.494 e. The minimum Gasteiger partial charge on any atom is -0.494 e. The number of hydrogen-bond acceptors (Lipinski definition) is 3. The molecule has 0 radical (unpaired) electrons. The highest BCUT2D eigenvalue weighted by atomic mass is 16.5. The Morgan fingerprint density at radius 1 is 1.17 bits per heavy atom. The number of nitrogens with zero attached hydrogens (tertiary/aromatic N) is 1. The van der Waals surface area contributed by atoms with Crippen molar-refractivity contribution in [3.63, 3.8) is 0 Å². The summed E-state index contributed by atoms with van der Waals surface area (Å²) in [5.74, 6) is 2.32. The predicted octanol–water partition coefficient (Wildman–Crippen LogP) is 3.20. The molecule has 1 rings (SSSR count). The molecule has 0 saturated heterocycles. The molecule has 2 N–H and O–H groups in total. The Hall–Kier alpha value is -1.75. The van der Waals surface area contributed by atoms with Crippen LogP contribution in [0, 0.1) is 5.92 Å². The van der Waals surface area contributed by atoms with Gasteiger partial charge in [0, 0.05) is 31.9 Å². The average molecular weight is 335 g/mol. The summed E-state index contributed by atoms with van der Waals surface area (Å²) in [6, 6.07) is 8.04. The molecule has 0 heterocycles. The molecule has 0 aliphatic heterocycles. The number of guanidine groups is 1. The number of ether oxygens (including phenoxy) is 2. The SMILES string of the molecule is CCNC(=NCc1ccccc1OCC)NCCCOCC(C)C. The minimum atomic E-state index is 0.585. The fourth-order valence-electron chi connectivity index (χ4n) is 2.14. The van der Waals surface area contributed by atoms with E-state index in [-0.39, 0.29) is 0 Å². The van der Waals surface area contributed by atoms with Crippen LogP contribution < -0.4 is 15.4 Å².